The molecular weight excluding hydrogens is 244 g/mol. The third-order valence-corrected chi connectivity index (χ3v) is 3.74. The summed E-state index contributed by atoms with van der Waals surface area (Å²) in [7, 11) is 0. The normalized spacial score (nSPS) is 11.2. The highest BCUT2D eigenvalue weighted by atomic mass is 16.3. The van der Waals surface area contributed by atoms with Gasteiger partial charge in [-0.25, -0.2) is 0 Å². The van der Waals surface area contributed by atoms with Crippen LogP contribution in [-0.4, -0.2) is 0 Å². The molecule has 0 radical (unpaired) electrons. The number of hydrogen-bond donors (Lipinski definition) is 0. The lowest BCUT2D eigenvalue weighted by atomic mass is 9.98. The fraction of sp³-hybridized carbons (Fsp3) is 0.0526. The van der Waals surface area contributed by atoms with Gasteiger partial charge in [0.2, 0.25) is 0 Å². The summed E-state index contributed by atoms with van der Waals surface area (Å²) in [5, 5.41) is 2.49. The van der Waals surface area contributed by atoms with Crippen molar-refractivity contribution in [3.8, 4) is 22.5 Å². The highest BCUT2D eigenvalue weighted by Gasteiger charge is 2.18. The van der Waals surface area contributed by atoms with Gasteiger partial charge >= 0.3 is 0 Å². The van der Waals surface area contributed by atoms with E-state index in [1.807, 2.05) is 13.0 Å². The number of fused-ring (bicyclic) bond motifs is 3. The molecule has 4 rings (SSSR count). The zero-order valence-electron chi connectivity index (χ0n) is 11.3. The fourth-order valence-corrected chi connectivity index (χ4v) is 2.88. The summed E-state index contributed by atoms with van der Waals surface area (Å²) >= 11 is 0. The highest BCUT2D eigenvalue weighted by Crippen LogP contribution is 2.42. The lowest BCUT2D eigenvalue weighted by Crippen LogP contribution is -1.86. The molecule has 1 nitrogen and oxygen atoms in total. The Kier molecular flexibility index (Phi) is 2.40. The Morgan fingerprint density at radius 2 is 1.55 bits per heavy atom. The van der Waals surface area contributed by atoms with Gasteiger partial charge in [-0.2, -0.15) is 0 Å². The number of hydrogen-bond acceptors (Lipinski definition) is 1. The summed E-state index contributed by atoms with van der Waals surface area (Å²) in [5.74, 6) is 1.90. The Morgan fingerprint density at radius 3 is 2.40 bits per heavy atom. The van der Waals surface area contributed by atoms with Gasteiger partial charge in [0.15, 0.2) is 0 Å². The average Bonchev–Trinajstić information content (AvgIpc) is 2.85. The van der Waals surface area contributed by atoms with E-state index >= 15 is 0 Å². The summed E-state index contributed by atoms with van der Waals surface area (Å²) in [6, 6.07) is 23.2. The van der Waals surface area contributed by atoms with Gasteiger partial charge in [-0.05, 0) is 41.0 Å². The summed E-state index contributed by atoms with van der Waals surface area (Å²) in [4.78, 5) is 0. The van der Waals surface area contributed by atoms with E-state index in [4.69, 9.17) is 4.42 Å². The summed E-state index contributed by atoms with van der Waals surface area (Å²) in [5.41, 5.74) is 3.68. The Morgan fingerprint density at radius 1 is 0.800 bits per heavy atom. The van der Waals surface area contributed by atoms with Crippen molar-refractivity contribution >= 4 is 10.8 Å². The van der Waals surface area contributed by atoms with Crippen molar-refractivity contribution in [2.75, 3.05) is 0 Å². The second-order valence-electron chi connectivity index (χ2n) is 5.11. The van der Waals surface area contributed by atoms with Crippen LogP contribution in [0.15, 0.2) is 71.1 Å². The second kappa shape index (κ2) is 4.24. The van der Waals surface area contributed by atoms with Gasteiger partial charge in [0.1, 0.15) is 11.5 Å². The molecule has 96 valence electrons. The van der Waals surface area contributed by atoms with E-state index in [-0.39, 0.29) is 0 Å². The molecule has 0 aromatic heterocycles. The molecule has 2 aromatic carbocycles. The maximum atomic E-state index is 5.91. The first-order valence-corrected chi connectivity index (χ1v) is 6.80. The Balaban J connectivity index is 2.15. The van der Waals surface area contributed by atoms with Gasteiger partial charge in [-0.15, -0.1) is 0 Å². The first kappa shape index (κ1) is 11.3. The van der Waals surface area contributed by atoms with Crippen LogP contribution in [0.5, 0.6) is 0 Å². The zero-order valence-corrected chi connectivity index (χ0v) is 11.3. The maximum Gasteiger partial charge on any atom is 0.136 e. The van der Waals surface area contributed by atoms with E-state index < -0.39 is 0 Å². The molecule has 0 atom stereocenters. The Hall–Kier alpha value is -2.54. The standard InChI is InChI=1S/C19H14O/c1-13-11-17(14-7-3-2-4-8-14)19-16-10-6-5-9-15(16)12-18(19)20-13/h2-12H,1H3. The van der Waals surface area contributed by atoms with Crippen LogP contribution in [0.25, 0.3) is 33.2 Å². The molecule has 0 N–H and O–H groups in total. The SMILES string of the molecule is Cc1cc(-c2ccccc2)c2c3ccccc3cc-2o1. The Labute approximate surface area is 117 Å². The van der Waals surface area contributed by atoms with Crippen LogP contribution in [0.4, 0.5) is 0 Å². The monoisotopic (exact) mass is 258 g/mol. The molecule has 1 aliphatic heterocycles. The molecule has 0 bridgehead atoms. The largest absolute Gasteiger partial charge is 0.461 e. The van der Waals surface area contributed by atoms with Gasteiger partial charge in [0.05, 0.1) is 0 Å². The van der Waals surface area contributed by atoms with Gasteiger partial charge in [0, 0.05) is 5.56 Å². The minimum absolute atomic E-state index is 0.937. The number of rotatable bonds is 1. The van der Waals surface area contributed by atoms with Crippen LogP contribution in [0.1, 0.15) is 5.76 Å². The zero-order chi connectivity index (χ0) is 13.5. The van der Waals surface area contributed by atoms with E-state index in [0.717, 1.165) is 11.5 Å². The van der Waals surface area contributed by atoms with Gasteiger partial charge < -0.3 is 4.42 Å². The first-order valence-electron chi connectivity index (χ1n) is 6.80. The third-order valence-electron chi connectivity index (χ3n) is 3.74. The molecule has 0 saturated heterocycles. The fourth-order valence-electron chi connectivity index (χ4n) is 2.88. The molecule has 2 aromatic rings. The second-order valence-corrected chi connectivity index (χ2v) is 5.11. The molecule has 20 heavy (non-hydrogen) atoms. The lowest BCUT2D eigenvalue weighted by Gasteiger charge is -2.10. The molecular formula is C19H14O. The predicted octanol–water partition coefficient (Wildman–Crippen LogP) is 5.51. The molecule has 0 unspecified atom stereocenters. The molecule has 2 aliphatic rings. The predicted molar refractivity (Wildman–Crippen MR) is 83.0 cm³/mol. The van der Waals surface area contributed by atoms with Crippen molar-refractivity contribution in [3.63, 3.8) is 0 Å². The molecule has 1 aliphatic carbocycles. The van der Waals surface area contributed by atoms with Crippen LogP contribution in [0, 0.1) is 6.92 Å². The van der Waals surface area contributed by atoms with Gasteiger partial charge in [-0.3, -0.25) is 0 Å². The lowest BCUT2D eigenvalue weighted by molar-refractivity contribution is 0.533. The van der Waals surface area contributed by atoms with Crippen molar-refractivity contribution in [1.82, 2.24) is 0 Å². The van der Waals surface area contributed by atoms with E-state index in [1.165, 1.54) is 27.5 Å². The van der Waals surface area contributed by atoms with E-state index in [9.17, 15) is 0 Å². The first-order chi connectivity index (χ1) is 9.83. The summed E-state index contributed by atoms with van der Waals surface area (Å²) in [6.45, 7) is 2.00. The minimum atomic E-state index is 0.937. The number of benzene rings is 2. The van der Waals surface area contributed by atoms with Crippen molar-refractivity contribution in [1.29, 1.82) is 0 Å². The smallest absolute Gasteiger partial charge is 0.136 e. The van der Waals surface area contributed by atoms with E-state index in [2.05, 4.69) is 60.7 Å². The van der Waals surface area contributed by atoms with Crippen molar-refractivity contribution in [2.45, 2.75) is 6.92 Å². The van der Waals surface area contributed by atoms with Crippen LogP contribution in [0.3, 0.4) is 0 Å². The van der Waals surface area contributed by atoms with Crippen molar-refractivity contribution in [3.05, 3.63) is 72.5 Å². The van der Waals surface area contributed by atoms with Crippen LogP contribution >= 0.6 is 0 Å². The average molecular weight is 258 g/mol. The Bertz CT molecular complexity index is 856. The van der Waals surface area contributed by atoms with Crippen LogP contribution in [-0.2, 0) is 0 Å². The topological polar surface area (TPSA) is 13.1 Å². The van der Waals surface area contributed by atoms with Crippen LogP contribution < -0.4 is 0 Å². The maximum absolute atomic E-state index is 5.91. The minimum Gasteiger partial charge on any atom is -0.461 e. The third kappa shape index (κ3) is 1.64. The van der Waals surface area contributed by atoms with Gasteiger partial charge in [0.25, 0.3) is 0 Å². The molecule has 0 saturated carbocycles. The molecule has 0 fully saturated rings. The molecule has 1 heteroatoms. The van der Waals surface area contributed by atoms with Crippen LogP contribution in [0.2, 0.25) is 0 Å². The quantitative estimate of drug-likeness (QED) is 0.438. The summed E-state index contributed by atoms with van der Waals surface area (Å²) < 4.78 is 5.91. The number of aryl methyl sites for hydroxylation is 1. The summed E-state index contributed by atoms with van der Waals surface area (Å²) in [6.07, 6.45) is 0. The molecule has 1 heterocycles. The van der Waals surface area contributed by atoms with E-state index in [1.54, 1.807) is 0 Å². The van der Waals surface area contributed by atoms with E-state index in [0.29, 0.717) is 0 Å². The molecule has 0 spiro atoms. The van der Waals surface area contributed by atoms with Crippen molar-refractivity contribution < 1.29 is 4.42 Å². The van der Waals surface area contributed by atoms with Gasteiger partial charge in [-0.1, -0.05) is 54.6 Å². The highest BCUT2D eigenvalue weighted by molar-refractivity contribution is 6.06. The van der Waals surface area contributed by atoms with Crippen molar-refractivity contribution in [2.24, 2.45) is 0 Å². The molecule has 0 amide bonds.